The van der Waals surface area contributed by atoms with Gasteiger partial charge in [0, 0.05) is 0 Å². The Morgan fingerprint density at radius 1 is 0.886 bits per heavy atom. The minimum absolute atomic E-state index is 0.342. The summed E-state index contributed by atoms with van der Waals surface area (Å²) in [5.41, 5.74) is 3.40. The third kappa shape index (κ3) is 8.53. The molecule has 2 aromatic carbocycles. The zero-order valence-electron chi connectivity index (χ0n) is 21.9. The van der Waals surface area contributed by atoms with Gasteiger partial charge in [-0.2, -0.15) is 5.26 Å². The molecular weight excluding hydrogens is 430 g/mol. The van der Waals surface area contributed by atoms with Crippen molar-refractivity contribution in [3.63, 3.8) is 0 Å². The molecule has 1 fully saturated rings. The van der Waals surface area contributed by atoms with Crippen LogP contribution in [0.5, 0.6) is 5.75 Å². The molecule has 188 valence electrons. The molecule has 0 heterocycles. The molecule has 0 aliphatic heterocycles. The predicted molar refractivity (Wildman–Crippen MR) is 144 cm³/mol. The number of rotatable bonds is 13. The van der Waals surface area contributed by atoms with E-state index >= 15 is 0 Å². The number of carbonyl (C=O) groups excluding carboxylic acids is 1. The summed E-state index contributed by atoms with van der Waals surface area (Å²) in [5.74, 6) is 1.43. The van der Waals surface area contributed by atoms with E-state index in [-0.39, 0.29) is 0 Å². The minimum atomic E-state index is -0.404. The highest BCUT2D eigenvalue weighted by Crippen LogP contribution is 2.38. The van der Waals surface area contributed by atoms with E-state index in [0.717, 1.165) is 24.3 Å². The molecule has 3 nitrogen and oxygen atoms in total. The lowest BCUT2D eigenvalue weighted by Crippen LogP contribution is -2.14. The molecule has 0 amide bonds. The van der Waals surface area contributed by atoms with Gasteiger partial charge in [-0.1, -0.05) is 83.4 Å². The second kappa shape index (κ2) is 14.7. The van der Waals surface area contributed by atoms with Gasteiger partial charge in [0.25, 0.3) is 0 Å². The summed E-state index contributed by atoms with van der Waals surface area (Å²) in [6, 6.07) is 15.7. The molecule has 1 aliphatic rings. The molecule has 0 N–H and O–H groups in total. The second-order valence-corrected chi connectivity index (χ2v) is 10.3. The van der Waals surface area contributed by atoms with Crippen molar-refractivity contribution < 1.29 is 9.53 Å². The standard InChI is InChI=1S/C32H43NO2/c1-3-5-7-8-10-11-25-13-16-27(17-14-25)28-18-20-29(21-19-28)32(34)35-31-22-15-26(12-9-6-4-2)23-30(31)24-33/h15,18-23,25,27H,3-14,16-17H2,1-2H3. The number of carbonyl (C=O) groups is 1. The first-order valence-electron chi connectivity index (χ1n) is 14.0. The van der Waals surface area contributed by atoms with Gasteiger partial charge in [0.1, 0.15) is 11.8 Å². The number of nitriles is 1. The molecule has 0 spiro atoms. The molecule has 3 heteroatoms. The van der Waals surface area contributed by atoms with Gasteiger partial charge in [-0.3, -0.25) is 0 Å². The van der Waals surface area contributed by atoms with Crippen LogP contribution < -0.4 is 4.74 Å². The normalized spacial score (nSPS) is 17.6. The summed E-state index contributed by atoms with van der Waals surface area (Å²) in [5, 5.41) is 9.54. The fourth-order valence-corrected chi connectivity index (χ4v) is 5.36. The molecular formula is C32H43NO2. The molecule has 0 bridgehead atoms. The number of unbranched alkanes of at least 4 members (excludes halogenated alkanes) is 6. The van der Waals surface area contributed by atoms with E-state index in [9.17, 15) is 10.1 Å². The van der Waals surface area contributed by atoms with Gasteiger partial charge >= 0.3 is 5.97 Å². The zero-order valence-corrected chi connectivity index (χ0v) is 21.9. The van der Waals surface area contributed by atoms with Crippen molar-refractivity contribution in [1.29, 1.82) is 5.26 Å². The summed E-state index contributed by atoms with van der Waals surface area (Å²) in [4.78, 5) is 12.7. The summed E-state index contributed by atoms with van der Waals surface area (Å²) in [7, 11) is 0. The topological polar surface area (TPSA) is 50.1 Å². The van der Waals surface area contributed by atoms with Crippen LogP contribution in [0, 0.1) is 17.2 Å². The maximum Gasteiger partial charge on any atom is 0.343 e. The molecule has 1 aliphatic carbocycles. The molecule has 0 unspecified atom stereocenters. The predicted octanol–water partition coefficient (Wildman–Crippen LogP) is 9.14. The lowest BCUT2D eigenvalue weighted by molar-refractivity contribution is 0.0734. The highest BCUT2D eigenvalue weighted by Gasteiger charge is 2.22. The van der Waals surface area contributed by atoms with Crippen LogP contribution in [-0.4, -0.2) is 5.97 Å². The van der Waals surface area contributed by atoms with E-state index in [2.05, 4.69) is 32.0 Å². The van der Waals surface area contributed by atoms with Crippen molar-refractivity contribution >= 4 is 5.97 Å². The van der Waals surface area contributed by atoms with Gasteiger partial charge in [-0.05, 0) is 85.8 Å². The van der Waals surface area contributed by atoms with E-state index in [1.165, 1.54) is 82.6 Å². The van der Waals surface area contributed by atoms with Crippen LogP contribution in [0.4, 0.5) is 0 Å². The van der Waals surface area contributed by atoms with Crippen LogP contribution in [0.2, 0.25) is 0 Å². The molecule has 0 radical (unpaired) electrons. The maximum atomic E-state index is 12.7. The van der Waals surface area contributed by atoms with Crippen LogP contribution >= 0.6 is 0 Å². The van der Waals surface area contributed by atoms with E-state index in [0.29, 0.717) is 22.8 Å². The molecule has 35 heavy (non-hydrogen) atoms. The number of nitrogens with zero attached hydrogens (tertiary/aromatic N) is 1. The van der Waals surface area contributed by atoms with Gasteiger partial charge in [0.05, 0.1) is 11.1 Å². The number of benzene rings is 2. The molecule has 1 saturated carbocycles. The first-order valence-corrected chi connectivity index (χ1v) is 14.0. The van der Waals surface area contributed by atoms with Crippen molar-refractivity contribution in [3.8, 4) is 11.8 Å². The van der Waals surface area contributed by atoms with Crippen molar-refractivity contribution in [1.82, 2.24) is 0 Å². The number of aryl methyl sites for hydroxylation is 1. The van der Waals surface area contributed by atoms with Crippen molar-refractivity contribution in [2.45, 2.75) is 110 Å². The number of ether oxygens (including phenoxy) is 1. The molecule has 0 aromatic heterocycles. The maximum absolute atomic E-state index is 12.7. The van der Waals surface area contributed by atoms with E-state index in [1.807, 2.05) is 24.3 Å². The van der Waals surface area contributed by atoms with Gasteiger partial charge in [0.2, 0.25) is 0 Å². The third-order valence-electron chi connectivity index (χ3n) is 7.62. The third-order valence-corrected chi connectivity index (χ3v) is 7.62. The van der Waals surface area contributed by atoms with Crippen LogP contribution in [0.3, 0.4) is 0 Å². The van der Waals surface area contributed by atoms with Gasteiger partial charge < -0.3 is 4.74 Å². The Labute approximate surface area is 212 Å². The van der Waals surface area contributed by atoms with E-state index in [1.54, 1.807) is 6.07 Å². The minimum Gasteiger partial charge on any atom is -0.422 e. The zero-order chi connectivity index (χ0) is 24.9. The van der Waals surface area contributed by atoms with Gasteiger partial charge in [0.15, 0.2) is 0 Å². The van der Waals surface area contributed by atoms with Crippen LogP contribution in [0.25, 0.3) is 0 Å². The smallest absolute Gasteiger partial charge is 0.343 e. The quantitative estimate of drug-likeness (QED) is 0.165. The highest BCUT2D eigenvalue weighted by molar-refractivity contribution is 5.91. The SMILES string of the molecule is CCCCCCCC1CCC(c2ccc(C(=O)Oc3ccc(CCCCC)cc3C#N)cc2)CC1. The average Bonchev–Trinajstić information content (AvgIpc) is 2.90. The van der Waals surface area contributed by atoms with Crippen molar-refractivity contribution in [2.75, 3.05) is 0 Å². The largest absolute Gasteiger partial charge is 0.422 e. The average molecular weight is 474 g/mol. The van der Waals surface area contributed by atoms with Gasteiger partial charge in [-0.15, -0.1) is 0 Å². The Kier molecular flexibility index (Phi) is 11.4. The summed E-state index contributed by atoms with van der Waals surface area (Å²) in [6.45, 7) is 4.45. The number of hydrogen-bond acceptors (Lipinski definition) is 3. The second-order valence-electron chi connectivity index (χ2n) is 10.3. The van der Waals surface area contributed by atoms with Crippen molar-refractivity contribution in [3.05, 3.63) is 64.7 Å². The lowest BCUT2D eigenvalue weighted by atomic mass is 9.77. The summed E-state index contributed by atoms with van der Waals surface area (Å²) >= 11 is 0. The Bertz CT molecular complexity index is 949. The first kappa shape index (κ1) is 27.0. The summed E-state index contributed by atoms with van der Waals surface area (Å²) in [6.07, 6.45) is 17.8. The molecule has 0 atom stereocenters. The van der Waals surface area contributed by atoms with E-state index < -0.39 is 5.97 Å². The summed E-state index contributed by atoms with van der Waals surface area (Å²) < 4.78 is 5.60. The Balaban J connectivity index is 1.49. The van der Waals surface area contributed by atoms with Crippen LogP contribution in [0.15, 0.2) is 42.5 Å². The molecule has 2 aromatic rings. The molecule has 3 rings (SSSR count). The monoisotopic (exact) mass is 473 g/mol. The van der Waals surface area contributed by atoms with Crippen molar-refractivity contribution in [2.24, 2.45) is 5.92 Å². The van der Waals surface area contributed by atoms with Crippen LogP contribution in [0.1, 0.15) is 130 Å². The fourth-order valence-electron chi connectivity index (χ4n) is 5.36. The first-order chi connectivity index (χ1) is 17.1. The highest BCUT2D eigenvalue weighted by atomic mass is 16.5. The lowest BCUT2D eigenvalue weighted by Gasteiger charge is -2.29. The van der Waals surface area contributed by atoms with Crippen LogP contribution in [-0.2, 0) is 6.42 Å². The number of esters is 1. The Morgan fingerprint density at radius 3 is 2.26 bits per heavy atom. The Hall–Kier alpha value is -2.60. The van der Waals surface area contributed by atoms with E-state index in [4.69, 9.17) is 4.74 Å². The van der Waals surface area contributed by atoms with Gasteiger partial charge in [-0.25, -0.2) is 4.79 Å². The fraction of sp³-hybridized carbons (Fsp3) is 0.562. The Morgan fingerprint density at radius 2 is 1.57 bits per heavy atom. The number of hydrogen-bond donors (Lipinski definition) is 0. The molecule has 0 saturated heterocycles.